The predicted octanol–water partition coefficient (Wildman–Crippen LogP) is 6.05. The Labute approximate surface area is 216 Å². The molecular formula is C30H42N2O4. The number of carboxylic acids is 1. The molecule has 0 aromatic heterocycles. The highest BCUT2D eigenvalue weighted by molar-refractivity contribution is 5.77. The number of amides is 2. The molecule has 1 atom stereocenters. The molecule has 6 nitrogen and oxygen atoms in total. The van der Waals surface area contributed by atoms with Crippen LogP contribution in [0.15, 0.2) is 42.5 Å². The van der Waals surface area contributed by atoms with Gasteiger partial charge in [0.05, 0.1) is 6.04 Å². The number of urea groups is 1. The molecule has 0 radical (unpaired) electrons. The van der Waals surface area contributed by atoms with Gasteiger partial charge < -0.3 is 19.6 Å². The van der Waals surface area contributed by atoms with Crippen LogP contribution in [0.3, 0.4) is 0 Å². The van der Waals surface area contributed by atoms with Gasteiger partial charge in [-0.25, -0.2) is 9.59 Å². The van der Waals surface area contributed by atoms with Crippen LogP contribution in [0.2, 0.25) is 0 Å². The molecule has 0 bridgehead atoms. The Morgan fingerprint density at radius 2 is 1.69 bits per heavy atom. The van der Waals surface area contributed by atoms with Crippen molar-refractivity contribution in [3.63, 3.8) is 0 Å². The highest BCUT2D eigenvalue weighted by Crippen LogP contribution is 2.28. The van der Waals surface area contributed by atoms with Crippen molar-refractivity contribution in [2.75, 3.05) is 13.6 Å². The zero-order valence-electron chi connectivity index (χ0n) is 22.9. The SMILES string of the molecule is CCc1cc(CCC[C@H]2CN(Cc3ccc(C(C)(C)C)cc3)C(=O)N2C)ccc1OC(C)(C)C(=O)O. The molecule has 2 aromatic rings. The number of hydrogen-bond donors (Lipinski definition) is 1. The summed E-state index contributed by atoms with van der Waals surface area (Å²) in [6.45, 7) is 13.2. The lowest BCUT2D eigenvalue weighted by Crippen LogP contribution is -2.38. The largest absolute Gasteiger partial charge is 0.478 e. The summed E-state index contributed by atoms with van der Waals surface area (Å²) in [4.78, 5) is 28.1. The topological polar surface area (TPSA) is 70.1 Å². The molecule has 0 aliphatic carbocycles. The summed E-state index contributed by atoms with van der Waals surface area (Å²) in [5, 5.41) is 9.37. The first-order valence-corrected chi connectivity index (χ1v) is 13.0. The van der Waals surface area contributed by atoms with Crippen LogP contribution in [0, 0.1) is 0 Å². The molecule has 1 aliphatic heterocycles. The van der Waals surface area contributed by atoms with E-state index in [9.17, 15) is 14.7 Å². The van der Waals surface area contributed by atoms with Crippen molar-refractivity contribution in [3.05, 3.63) is 64.7 Å². The van der Waals surface area contributed by atoms with Gasteiger partial charge in [-0.15, -0.1) is 0 Å². The van der Waals surface area contributed by atoms with Crippen LogP contribution in [-0.2, 0) is 29.6 Å². The molecule has 0 saturated carbocycles. The molecule has 1 fully saturated rings. The fraction of sp³-hybridized carbons (Fsp3) is 0.533. The monoisotopic (exact) mass is 494 g/mol. The Bertz CT molecular complexity index is 1070. The second-order valence-corrected chi connectivity index (χ2v) is 11.5. The average molecular weight is 495 g/mol. The molecule has 3 rings (SSSR count). The molecular weight excluding hydrogens is 452 g/mol. The van der Waals surface area contributed by atoms with E-state index in [2.05, 4.69) is 51.1 Å². The Balaban J connectivity index is 1.55. The van der Waals surface area contributed by atoms with E-state index >= 15 is 0 Å². The van der Waals surface area contributed by atoms with E-state index in [1.165, 1.54) is 11.1 Å². The predicted molar refractivity (Wildman–Crippen MR) is 144 cm³/mol. The number of carboxylic acid groups (broad SMARTS) is 1. The zero-order valence-corrected chi connectivity index (χ0v) is 22.9. The van der Waals surface area contributed by atoms with Crippen LogP contribution in [0.25, 0.3) is 0 Å². The number of carbonyl (C=O) groups is 2. The second kappa shape index (κ2) is 10.9. The van der Waals surface area contributed by atoms with Gasteiger partial charge in [-0.2, -0.15) is 0 Å². The molecule has 2 amide bonds. The molecule has 0 unspecified atom stereocenters. The van der Waals surface area contributed by atoms with Crippen LogP contribution >= 0.6 is 0 Å². The number of benzene rings is 2. The molecule has 0 spiro atoms. The standard InChI is InChI=1S/C30H42N2O4/c1-8-23-18-21(14-17-26(23)36-30(5,6)27(33)34)10-9-11-25-20-32(28(35)31(25)7)19-22-12-15-24(16-13-22)29(2,3)4/h12-18,25H,8-11,19-20H2,1-7H3,(H,33,34)/t25-/m0/s1. The minimum atomic E-state index is -1.27. The van der Waals surface area contributed by atoms with E-state index in [0.29, 0.717) is 12.3 Å². The van der Waals surface area contributed by atoms with Gasteiger partial charge in [0.2, 0.25) is 0 Å². The molecule has 1 N–H and O–H groups in total. The normalized spacial score (nSPS) is 16.5. The van der Waals surface area contributed by atoms with Gasteiger partial charge in [0.25, 0.3) is 0 Å². The average Bonchev–Trinajstić information content (AvgIpc) is 3.07. The molecule has 2 aromatic carbocycles. The third-order valence-electron chi connectivity index (χ3n) is 7.13. The lowest BCUT2D eigenvalue weighted by Gasteiger charge is -2.23. The fourth-order valence-corrected chi connectivity index (χ4v) is 4.61. The fourth-order valence-electron chi connectivity index (χ4n) is 4.61. The summed E-state index contributed by atoms with van der Waals surface area (Å²) in [5.41, 5.74) is 3.52. The van der Waals surface area contributed by atoms with Gasteiger partial charge in [-0.3, -0.25) is 0 Å². The van der Waals surface area contributed by atoms with E-state index in [4.69, 9.17) is 4.74 Å². The van der Waals surface area contributed by atoms with Gasteiger partial charge in [-0.1, -0.05) is 64.1 Å². The minimum absolute atomic E-state index is 0.0933. The number of rotatable bonds is 10. The molecule has 196 valence electrons. The van der Waals surface area contributed by atoms with Crippen molar-refractivity contribution in [3.8, 4) is 5.75 Å². The van der Waals surface area contributed by atoms with Crippen LogP contribution in [-0.4, -0.2) is 52.1 Å². The second-order valence-electron chi connectivity index (χ2n) is 11.5. The smallest absolute Gasteiger partial charge is 0.347 e. The van der Waals surface area contributed by atoms with Gasteiger partial charge in [0.1, 0.15) is 5.75 Å². The van der Waals surface area contributed by atoms with E-state index in [1.807, 2.05) is 35.9 Å². The summed E-state index contributed by atoms with van der Waals surface area (Å²) < 4.78 is 5.79. The van der Waals surface area contributed by atoms with Gasteiger partial charge in [0, 0.05) is 20.1 Å². The zero-order chi connectivity index (χ0) is 26.7. The lowest BCUT2D eigenvalue weighted by atomic mass is 9.87. The summed E-state index contributed by atoms with van der Waals surface area (Å²) in [6.07, 6.45) is 3.58. The summed E-state index contributed by atoms with van der Waals surface area (Å²) in [5.74, 6) is -0.360. The highest BCUT2D eigenvalue weighted by atomic mass is 16.5. The molecule has 1 heterocycles. The Hall–Kier alpha value is -3.02. The maximum absolute atomic E-state index is 12.9. The number of hydrogen-bond acceptors (Lipinski definition) is 3. The van der Waals surface area contributed by atoms with E-state index in [1.54, 1.807) is 13.8 Å². The third kappa shape index (κ3) is 6.59. The number of likely N-dealkylation sites (N-methyl/N-ethyl adjacent to an activating group) is 1. The first-order valence-electron chi connectivity index (χ1n) is 13.0. The van der Waals surface area contributed by atoms with Gasteiger partial charge in [0.15, 0.2) is 5.60 Å². The summed E-state index contributed by atoms with van der Waals surface area (Å²) in [6, 6.07) is 14.9. The minimum Gasteiger partial charge on any atom is -0.478 e. The quantitative estimate of drug-likeness (QED) is 0.437. The van der Waals surface area contributed by atoms with Crippen LogP contribution < -0.4 is 4.74 Å². The third-order valence-corrected chi connectivity index (χ3v) is 7.13. The number of ether oxygens (including phenoxy) is 1. The van der Waals surface area contributed by atoms with Crippen molar-refractivity contribution >= 4 is 12.0 Å². The molecule has 1 aliphatic rings. The molecule has 1 saturated heterocycles. The number of aliphatic carboxylic acids is 1. The van der Waals surface area contributed by atoms with Crippen molar-refractivity contribution in [1.82, 2.24) is 9.80 Å². The van der Waals surface area contributed by atoms with Crippen LogP contribution in [0.5, 0.6) is 5.75 Å². The van der Waals surface area contributed by atoms with Gasteiger partial charge >= 0.3 is 12.0 Å². The maximum Gasteiger partial charge on any atom is 0.347 e. The molecule has 6 heteroatoms. The first-order chi connectivity index (χ1) is 16.8. The Morgan fingerprint density at radius 3 is 2.28 bits per heavy atom. The van der Waals surface area contributed by atoms with Crippen LogP contribution in [0.4, 0.5) is 4.79 Å². The number of carbonyl (C=O) groups excluding carboxylic acids is 1. The lowest BCUT2D eigenvalue weighted by molar-refractivity contribution is -0.152. The first kappa shape index (κ1) is 27.6. The van der Waals surface area contributed by atoms with E-state index in [0.717, 1.165) is 43.4 Å². The summed E-state index contributed by atoms with van der Waals surface area (Å²) >= 11 is 0. The van der Waals surface area contributed by atoms with Crippen LogP contribution in [0.1, 0.15) is 76.6 Å². The van der Waals surface area contributed by atoms with Crippen molar-refractivity contribution in [1.29, 1.82) is 0 Å². The number of aryl methyl sites for hydroxylation is 2. The van der Waals surface area contributed by atoms with Crippen molar-refractivity contribution in [2.24, 2.45) is 0 Å². The van der Waals surface area contributed by atoms with Crippen molar-refractivity contribution in [2.45, 2.75) is 90.8 Å². The van der Waals surface area contributed by atoms with Crippen molar-refractivity contribution < 1.29 is 19.4 Å². The number of nitrogens with zero attached hydrogens (tertiary/aromatic N) is 2. The molecule has 36 heavy (non-hydrogen) atoms. The van der Waals surface area contributed by atoms with E-state index < -0.39 is 11.6 Å². The van der Waals surface area contributed by atoms with Gasteiger partial charge in [-0.05, 0) is 73.3 Å². The Kier molecular flexibility index (Phi) is 8.37. The maximum atomic E-state index is 12.9. The Morgan fingerprint density at radius 1 is 1.06 bits per heavy atom. The highest BCUT2D eigenvalue weighted by Gasteiger charge is 2.34. The summed E-state index contributed by atoms with van der Waals surface area (Å²) in [7, 11) is 1.90. The van der Waals surface area contributed by atoms with E-state index in [-0.39, 0.29) is 17.5 Å².